The SMILES string of the molecule is CC1CC2[I-]C2C(=O)C1CO. The molecule has 0 radical (unpaired) electrons. The Kier molecular flexibility index (Phi) is 1.95. The van der Waals surface area contributed by atoms with E-state index in [-0.39, 0.29) is 33.7 Å². The van der Waals surface area contributed by atoms with Gasteiger partial charge in [0.2, 0.25) is 0 Å². The number of fused-ring (bicyclic) bond motifs is 1. The molecule has 1 heterocycles. The average Bonchev–Trinajstić information content (AvgIpc) is 2.68. The van der Waals surface area contributed by atoms with Crippen molar-refractivity contribution in [2.75, 3.05) is 6.61 Å². The van der Waals surface area contributed by atoms with Crippen molar-refractivity contribution >= 4 is 5.78 Å². The van der Waals surface area contributed by atoms with Crippen LogP contribution >= 0.6 is 0 Å². The summed E-state index contributed by atoms with van der Waals surface area (Å²) in [4.78, 5) is 11.5. The fraction of sp³-hybridized carbons (Fsp3) is 0.875. The van der Waals surface area contributed by atoms with Gasteiger partial charge in [-0.05, 0) is 0 Å². The molecule has 1 saturated carbocycles. The first-order valence-electron chi connectivity index (χ1n) is 4.00. The minimum absolute atomic E-state index is 0.0153. The average molecular weight is 267 g/mol. The van der Waals surface area contributed by atoms with Gasteiger partial charge in [-0.1, -0.05) is 0 Å². The Morgan fingerprint density at radius 3 is 3.09 bits per heavy atom. The van der Waals surface area contributed by atoms with E-state index >= 15 is 0 Å². The van der Waals surface area contributed by atoms with Crippen molar-refractivity contribution in [3.8, 4) is 0 Å². The molecular weight excluding hydrogens is 255 g/mol. The number of halogens is 1. The summed E-state index contributed by atoms with van der Waals surface area (Å²) in [5.41, 5.74) is 0. The Balaban J connectivity index is 2.11. The van der Waals surface area contributed by atoms with E-state index in [1.54, 1.807) is 0 Å². The van der Waals surface area contributed by atoms with Gasteiger partial charge in [0.05, 0.1) is 0 Å². The van der Waals surface area contributed by atoms with E-state index in [0.717, 1.165) is 3.92 Å². The van der Waals surface area contributed by atoms with Gasteiger partial charge in [0.1, 0.15) is 0 Å². The molecule has 2 fully saturated rings. The molecule has 4 atom stereocenters. The summed E-state index contributed by atoms with van der Waals surface area (Å²) in [7, 11) is 0. The van der Waals surface area contributed by atoms with Gasteiger partial charge in [0.15, 0.2) is 0 Å². The van der Waals surface area contributed by atoms with E-state index in [4.69, 9.17) is 5.11 Å². The molecule has 1 aliphatic heterocycles. The van der Waals surface area contributed by atoms with Gasteiger partial charge in [-0.25, -0.2) is 0 Å². The molecular formula is C8H12IO2-. The van der Waals surface area contributed by atoms with Gasteiger partial charge in [0.25, 0.3) is 0 Å². The van der Waals surface area contributed by atoms with Crippen molar-refractivity contribution in [1.29, 1.82) is 0 Å². The first-order chi connectivity index (χ1) is 5.24. The standard InChI is InChI=1S/C8H12IO2/c1-4-2-6-7(9-6)8(11)5(4)3-10/h4-7,10H,2-3H2,1H3/q-1. The molecule has 64 valence electrons. The van der Waals surface area contributed by atoms with Gasteiger partial charge >= 0.3 is 76.5 Å². The van der Waals surface area contributed by atoms with Gasteiger partial charge in [-0.15, -0.1) is 0 Å². The van der Waals surface area contributed by atoms with Crippen LogP contribution in [-0.4, -0.2) is 25.3 Å². The van der Waals surface area contributed by atoms with Crippen molar-refractivity contribution in [2.24, 2.45) is 11.8 Å². The number of carbonyl (C=O) groups is 1. The molecule has 1 saturated heterocycles. The molecule has 2 nitrogen and oxygen atoms in total. The van der Waals surface area contributed by atoms with Crippen LogP contribution in [0.15, 0.2) is 0 Å². The minimum atomic E-state index is -0.0153. The van der Waals surface area contributed by atoms with Gasteiger partial charge < -0.3 is 0 Å². The number of alkyl halides is 2. The molecule has 2 rings (SSSR count). The maximum atomic E-state index is 11.5. The number of rotatable bonds is 1. The molecule has 0 amide bonds. The summed E-state index contributed by atoms with van der Waals surface area (Å²) in [5, 5.41) is 8.96. The van der Waals surface area contributed by atoms with Crippen molar-refractivity contribution in [3.63, 3.8) is 0 Å². The summed E-state index contributed by atoms with van der Waals surface area (Å²) in [6, 6.07) is 0. The molecule has 1 aliphatic carbocycles. The van der Waals surface area contributed by atoms with E-state index in [1.165, 1.54) is 6.42 Å². The van der Waals surface area contributed by atoms with Crippen molar-refractivity contribution in [1.82, 2.24) is 0 Å². The fourth-order valence-electron chi connectivity index (χ4n) is 1.82. The first-order valence-corrected chi connectivity index (χ1v) is 6.49. The fourth-order valence-corrected chi connectivity index (χ4v) is 5.13. The molecule has 0 aromatic heterocycles. The number of ketones is 1. The van der Waals surface area contributed by atoms with Crippen LogP contribution in [0.5, 0.6) is 0 Å². The zero-order valence-corrected chi connectivity index (χ0v) is 8.61. The normalized spacial score (nSPS) is 49.5. The molecule has 0 spiro atoms. The van der Waals surface area contributed by atoms with E-state index in [2.05, 4.69) is 6.92 Å². The third-order valence-corrected chi connectivity index (χ3v) is 6.24. The van der Waals surface area contributed by atoms with Gasteiger partial charge in [-0.2, -0.15) is 0 Å². The Labute approximate surface area is 76.6 Å². The number of carbonyl (C=O) groups excluding carboxylic acids is 1. The summed E-state index contributed by atoms with van der Waals surface area (Å²) < 4.78 is 1.24. The summed E-state index contributed by atoms with van der Waals surface area (Å²) in [6.07, 6.45) is 1.20. The van der Waals surface area contributed by atoms with Crippen molar-refractivity contribution in [2.45, 2.75) is 21.2 Å². The third kappa shape index (κ3) is 1.22. The zero-order valence-electron chi connectivity index (χ0n) is 6.46. The monoisotopic (exact) mass is 267 g/mol. The summed E-state index contributed by atoms with van der Waals surface area (Å²) >= 11 is 0.209. The van der Waals surface area contributed by atoms with E-state index in [9.17, 15) is 4.79 Å². The second-order valence-electron chi connectivity index (χ2n) is 3.45. The molecule has 0 aromatic carbocycles. The first kappa shape index (κ1) is 7.98. The molecule has 11 heavy (non-hydrogen) atoms. The Morgan fingerprint density at radius 2 is 2.45 bits per heavy atom. The van der Waals surface area contributed by atoms with E-state index < -0.39 is 0 Å². The molecule has 0 bridgehead atoms. The van der Waals surface area contributed by atoms with E-state index in [0.29, 0.717) is 15.6 Å². The Hall–Kier alpha value is 0.360. The molecule has 2 aliphatic rings. The van der Waals surface area contributed by atoms with Crippen molar-refractivity contribution in [3.05, 3.63) is 0 Å². The van der Waals surface area contributed by atoms with Crippen molar-refractivity contribution < 1.29 is 31.1 Å². The van der Waals surface area contributed by atoms with Crippen LogP contribution in [0, 0.1) is 11.8 Å². The predicted molar refractivity (Wildman–Crippen MR) is 36.9 cm³/mol. The number of Topliss-reactive ketones (excluding diaryl/α,β-unsaturated/α-hetero) is 1. The second kappa shape index (κ2) is 2.69. The molecule has 4 unspecified atom stereocenters. The van der Waals surface area contributed by atoms with Crippen LogP contribution in [0.4, 0.5) is 0 Å². The Morgan fingerprint density at radius 1 is 1.73 bits per heavy atom. The summed E-state index contributed by atoms with van der Waals surface area (Å²) in [5.74, 6) is 0.804. The number of hydrogen-bond acceptors (Lipinski definition) is 2. The quantitative estimate of drug-likeness (QED) is 0.407. The second-order valence-corrected chi connectivity index (χ2v) is 7.11. The molecule has 0 aromatic rings. The van der Waals surface area contributed by atoms with Crippen LogP contribution in [0.2, 0.25) is 0 Å². The topological polar surface area (TPSA) is 37.3 Å². The number of aliphatic hydroxyl groups excluding tert-OH is 1. The van der Waals surface area contributed by atoms with Gasteiger partial charge in [-0.3, -0.25) is 0 Å². The number of hydrogen-bond donors (Lipinski definition) is 1. The van der Waals surface area contributed by atoms with Crippen LogP contribution in [0.25, 0.3) is 0 Å². The Bertz CT molecular complexity index is 193. The molecule has 1 N–H and O–H groups in total. The van der Waals surface area contributed by atoms with Crippen LogP contribution < -0.4 is 21.2 Å². The third-order valence-electron chi connectivity index (χ3n) is 2.67. The van der Waals surface area contributed by atoms with Crippen LogP contribution in [-0.2, 0) is 4.79 Å². The van der Waals surface area contributed by atoms with E-state index in [1.807, 2.05) is 0 Å². The molecule has 3 heteroatoms. The zero-order chi connectivity index (χ0) is 8.01. The maximum absolute atomic E-state index is 11.5. The summed E-state index contributed by atoms with van der Waals surface area (Å²) in [6.45, 7) is 2.17. The van der Waals surface area contributed by atoms with Crippen LogP contribution in [0.3, 0.4) is 0 Å². The van der Waals surface area contributed by atoms with Gasteiger partial charge in [0, 0.05) is 0 Å². The van der Waals surface area contributed by atoms with Crippen LogP contribution in [0.1, 0.15) is 13.3 Å². The number of aliphatic hydroxyl groups is 1. The predicted octanol–water partition coefficient (Wildman–Crippen LogP) is -2.96.